The molecule has 58 heavy (non-hydrogen) atoms. The predicted molar refractivity (Wildman–Crippen MR) is 241 cm³/mol. The smallest absolute Gasteiger partial charge is 0.135 e. The molecule has 10 aromatic rings. The molecule has 0 aliphatic heterocycles. The third-order valence-electron chi connectivity index (χ3n) is 13.1. The van der Waals surface area contributed by atoms with Crippen LogP contribution in [0.15, 0.2) is 205 Å². The van der Waals surface area contributed by atoms with E-state index >= 15 is 0 Å². The van der Waals surface area contributed by atoms with Gasteiger partial charge in [-0.2, -0.15) is 0 Å². The summed E-state index contributed by atoms with van der Waals surface area (Å²) in [6, 6.07) is 73.8. The van der Waals surface area contributed by atoms with Crippen LogP contribution in [0.5, 0.6) is 0 Å². The number of rotatable bonds is 5. The number of benzene rings is 9. The average Bonchev–Trinajstić information content (AvgIpc) is 3.88. The number of anilines is 3. The van der Waals surface area contributed by atoms with Gasteiger partial charge in [-0.25, -0.2) is 0 Å². The van der Waals surface area contributed by atoms with E-state index in [1.807, 2.05) is 6.07 Å². The number of nitrogens with zero attached hydrogens (tertiary/aromatic N) is 1. The van der Waals surface area contributed by atoms with E-state index < -0.39 is 5.41 Å². The Kier molecular flexibility index (Phi) is 6.93. The Labute approximate surface area is 338 Å². The first-order chi connectivity index (χ1) is 28.5. The molecule has 0 atom stereocenters. The molecule has 1 aromatic heterocycles. The summed E-state index contributed by atoms with van der Waals surface area (Å²) < 4.78 is 6.37. The minimum absolute atomic E-state index is 0.187. The van der Waals surface area contributed by atoms with Gasteiger partial charge in [0.25, 0.3) is 0 Å². The van der Waals surface area contributed by atoms with Crippen molar-refractivity contribution in [3.63, 3.8) is 0 Å². The van der Waals surface area contributed by atoms with E-state index in [0.717, 1.165) is 33.3 Å². The van der Waals surface area contributed by atoms with Gasteiger partial charge in [0.05, 0.1) is 11.1 Å². The lowest BCUT2D eigenvalue weighted by atomic mass is 9.68. The zero-order chi connectivity index (χ0) is 38.6. The van der Waals surface area contributed by atoms with Crippen LogP contribution in [0.3, 0.4) is 0 Å². The van der Waals surface area contributed by atoms with Gasteiger partial charge in [0, 0.05) is 33.1 Å². The van der Waals surface area contributed by atoms with Crippen molar-refractivity contribution in [1.82, 2.24) is 0 Å². The van der Waals surface area contributed by atoms with Gasteiger partial charge < -0.3 is 9.32 Å². The molecule has 0 bridgehead atoms. The van der Waals surface area contributed by atoms with E-state index in [1.54, 1.807) is 0 Å². The van der Waals surface area contributed by atoms with Crippen LogP contribution >= 0.6 is 0 Å². The maximum absolute atomic E-state index is 6.37. The second-order valence-electron chi connectivity index (χ2n) is 16.4. The van der Waals surface area contributed by atoms with Crippen molar-refractivity contribution in [2.45, 2.75) is 24.7 Å². The number of hydrogen-bond acceptors (Lipinski definition) is 2. The fourth-order valence-electron chi connectivity index (χ4n) is 10.7. The van der Waals surface area contributed by atoms with Gasteiger partial charge in [-0.15, -0.1) is 0 Å². The second-order valence-corrected chi connectivity index (χ2v) is 16.4. The summed E-state index contributed by atoms with van der Waals surface area (Å²) in [5, 5.41) is 4.76. The van der Waals surface area contributed by atoms with Gasteiger partial charge in [0.1, 0.15) is 11.2 Å². The minimum Gasteiger partial charge on any atom is -0.456 e. The Balaban J connectivity index is 1.14. The summed E-state index contributed by atoms with van der Waals surface area (Å²) in [5.41, 5.74) is 17.5. The molecule has 2 aliphatic rings. The Morgan fingerprint density at radius 3 is 1.71 bits per heavy atom. The van der Waals surface area contributed by atoms with Crippen LogP contribution in [0.1, 0.15) is 47.2 Å². The summed E-state index contributed by atoms with van der Waals surface area (Å²) in [6.07, 6.45) is 0. The fourth-order valence-corrected chi connectivity index (χ4v) is 10.7. The zero-order valence-corrected chi connectivity index (χ0v) is 32.4. The molecule has 9 aromatic carbocycles. The summed E-state index contributed by atoms with van der Waals surface area (Å²) >= 11 is 0. The van der Waals surface area contributed by atoms with Crippen molar-refractivity contribution in [2.75, 3.05) is 4.90 Å². The number of fused-ring (bicyclic) bond motifs is 11. The zero-order valence-electron chi connectivity index (χ0n) is 32.4. The van der Waals surface area contributed by atoms with Gasteiger partial charge in [-0.05, 0) is 103 Å². The first-order valence-corrected chi connectivity index (χ1v) is 20.3. The lowest BCUT2D eigenvalue weighted by Gasteiger charge is -2.35. The molecular formula is C56H39NO. The molecule has 12 rings (SSSR count). The Hall–Kier alpha value is -7.16. The van der Waals surface area contributed by atoms with Crippen LogP contribution in [0.4, 0.5) is 17.1 Å². The molecule has 0 saturated heterocycles. The van der Waals surface area contributed by atoms with E-state index in [0.29, 0.717) is 0 Å². The third-order valence-corrected chi connectivity index (χ3v) is 13.1. The highest BCUT2D eigenvalue weighted by atomic mass is 16.3. The first-order valence-electron chi connectivity index (χ1n) is 20.3. The van der Waals surface area contributed by atoms with E-state index in [9.17, 15) is 0 Å². The lowest BCUT2D eigenvalue weighted by Crippen LogP contribution is -2.28. The van der Waals surface area contributed by atoms with Crippen LogP contribution in [0, 0.1) is 0 Å². The van der Waals surface area contributed by atoms with Crippen LogP contribution in [-0.4, -0.2) is 0 Å². The molecule has 274 valence electrons. The largest absolute Gasteiger partial charge is 0.456 e. The number of para-hydroxylation sites is 1. The topological polar surface area (TPSA) is 16.4 Å². The molecule has 0 radical (unpaired) electrons. The van der Waals surface area contributed by atoms with E-state index in [-0.39, 0.29) is 5.41 Å². The summed E-state index contributed by atoms with van der Waals surface area (Å²) in [4.78, 5) is 2.49. The molecule has 0 N–H and O–H groups in total. The van der Waals surface area contributed by atoms with Crippen LogP contribution in [-0.2, 0) is 10.8 Å². The normalized spacial score (nSPS) is 14.3. The SMILES string of the molecule is CC1(C)c2ccccc2-c2c(N(c3ccc(C4(c5ccccc5)c5ccccc5-c5ccccc54)cc3)c3ccc4oc5ccccc5c4c3)cc3ccccc3c21. The Morgan fingerprint density at radius 2 is 0.966 bits per heavy atom. The highest BCUT2D eigenvalue weighted by Crippen LogP contribution is 2.59. The van der Waals surface area contributed by atoms with Crippen LogP contribution < -0.4 is 4.90 Å². The van der Waals surface area contributed by atoms with Crippen molar-refractivity contribution in [1.29, 1.82) is 0 Å². The Bertz CT molecular complexity index is 3210. The Morgan fingerprint density at radius 1 is 0.414 bits per heavy atom. The average molecular weight is 742 g/mol. The van der Waals surface area contributed by atoms with Crippen molar-refractivity contribution in [2.24, 2.45) is 0 Å². The molecule has 0 unspecified atom stereocenters. The fraction of sp³-hybridized carbons (Fsp3) is 0.0714. The first kappa shape index (κ1) is 33.0. The lowest BCUT2D eigenvalue weighted by molar-refractivity contribution is 0.666. The van der Waals surface area contributed by atoms with Gasteiger partial charge >= 0.3 is 0 Å². The highest BCUT2D eigenvalue weighted by Gasteiger charge is 2.46. The van der Waals surface area contributed by atoms with Gasteiger partial charge in [0.2, 0.25) is 0 Å². The van der Waals surface area contributed by atoms with Crippen molar-refractivity contribution in [3.8, 4) is 22.3 Å². The van der Waals surface area contributed by atoms with Gasteiger partial charge in [-0.3, -0.25) is 0 Å². The molecule has 2 nitrogen and oxygen atoms in total. The third kappa shape index (κ3) is 4.43. The summed E-state index contributed by atoms with van der Waals surface area (Å²) in [7, 11) is 0. The monoisotopic (exact) mass is 741 g/mol. The maximum atomic E-state index is 6.37. The molecular weight excluding hydrogens is 703 g/mol. The molecule has 2 heteroatoms. The molecule has 0 saturated carbocycles. The van der Waals surface area contributed by atoms with Crippen LogP contribution in [0.2, 0.25) is 0 Å². The molecule has 0 spiro atoms. The van der Waals surface area contributed by atoms with Gasteiger partial charge in [0.15, 0.2) is 0 Å². The van der Waals surface area contributed by atoms with Crippen molar-refractivity contribution >= 4 is 49.8 Å². The molecule has 0 amide bonds. The van der Waals surface area contributed by atoms with E-state index in [4.69, 9.17) is 4.42 Å². The second kappa shape index (κ2) is 12.2. The standard InChI is InChI=1S/C56H39NO/c1-55(2)47-24-12-10-23-45(47)53-50(34-36-16-6-7-19-41(36)54(53)55)57(40-32-33-52-46(35-40)44-22-11-15-27-51(44)58-52)39-30-28-38(29-31-39)56(37-17-4-3-5-18-37)48-25-13-8-20-42(48)43-21-9-14-26-49(43)56/h3-35H,1-2H3. The minimum atomic E-state index is -0.473. The summed E-state index contributed by atoms with van der Waals surface area (Å²) in [5.74, 6) is 0. The molecule has 2 aliphatic carbocycles. The number of furan rings is 1. The predicted octanol–water partition coefficient (Wildman–Crippen LogP) is 14.9. The van der Waals surface area contributed by atoms with E-state index in [2.05, 4.69) is 213 Å². The molecule has 1 heterocycles. The van der Waals surface area contributed by atoms with Crippen molar-refractivity contribution in [3.05, 3.63) is 234 Å². The summed E-state index contributed by atoms with van der Waals surface area (Å²) in [6.45, 7) is 4.77. The number of hydrogen-bond donors (Lipinski definition) is 0. The van der Waals surface area contributed by atoms with Crippen LogP contribution in [0.25, 0.3) is 55.0 Å². The molecule has 0 fully saturated rings. The van der Waals surface area contributed by atoms with Gasteiger partial charge in [-0.1, -0.05) is 172 Å². The maximum Gasteiger partial charge on any atom is 0.135 e. The quantitative estimate of drug-likeness (QED) is 0.175. The van der Waals surface area contributed by atoms with E-state index in [1.165, 1.54) is 72.1 Å². The van der Waals surface area contributed by atoms with Crippen molar-refractivity contribution < 1.29 is 4.42 Å². The highest BCUT2D eigenvalue weighted by molar-refractivity contribution is 6.09.